The summed E-state index contributed by atoms with van der Waals surface area (Å²) < 4.78 is 0. The Morgan fingerprint density at radius 1 is 1.60 bits per heavy atom. The highest BCUT2D eigenvalue weighted by molar-refractivity contribution is 5.91. The van der Waals surface area contributed by atoms with E-state index in [-0.39, 0.29) is 5.69 Å². The number of anilines is 1. The molecule has 82 valence electrons. The van der Waals surface area contributed by atoms with Crippen LogP contribution in [-0.4, -0.2) is 22.4 Å². The summed E-state index contributed by atoms with van der Waals surface area (Å²) in [5.74, 6) is 0.667. The predicted octanol–water partition coefficient (Wildman–Crippen LogP) is 1.03. The highest BCUT2D eigenvalue weighted by Crippen LogP contribution is 2.06. The summed E-state index contributed by atoms with van der Waals surface area (Å²) in [7, 11) is 0. The molecule has 0 spiro atoms. The monoisotopic (exact) mass is 208 g/mol. The molecule has 0 aliphatic carbocycles. The second-order valence-corrected chi connectivity index (χ2v) is 3.55. The van der Waals surface area contributed by atoms with Crippen LogP contribution in [0.2, 0.25) is 0 Å². The largest absolute Gasteiger partial charge is 0.370 e. The molecule has 5 nitrogen and oxygen atoms in total. The Kier molecular flexibility index (Phi) is 4.03. The normalized spacial score (nSPS) is 12.1. The fraction of sp³-hybridized carbons (Fsp3) is 0.500. The van der Waals surface area contributed by atoms with Crippen molar-refractivity contribution in [3.05, 3.63) is 18.1 Å². The van der Waals surface area contributed by atoms with Crippen molar-refractivity contribution in [3.8, 4) is 0 Å². The first-order valence-corrected chi connectivity index (χ1v) is 4.99. The third kappa shape index (κ3) is 3.53. The molecule has 0 aromatic carbocycles. The summed E-state index contributed by atoms with van der Waals surface area (Å²) >= 11 is 0. The number of hydrogen-bond acceptors (Lipinski definition) is 4. The molecular formula is C10H16N4O. The lowest BCUT2D eigenvalue weighted by Crippen LogP contribution is -2.15. The van der Waals surface area contributed by atoms with Gasteiger partial charge in [-0.05, 0) is 5.92 Å². The molecule has 1 atom stereocenters. The van der Waals surface area contributed by atoms with E-state index in [1.165, 1.54) is 6.33 Å². The first-order chi connectivity index (χ1) is 7.13. The zero-order valence-corrected chi connectivity index (χ0v) is 9.03. The van der Waals surface area contributed by atoms with Crippen molar-refractivity contribution in [2.75, 3.05) is 11.9 Å². The van der Waals surface area contributed by atoms with Crippen molar-refractivity contribution in [2.45, 2.75) is 20.3 Å². The van der Waals surface area contributed by atoms with Gasteiger partial charge in [0.2, 0.25) is 0 Å². The smallest absolute Gasteiger partial charge is 0.267 e. The number of carbonyl (C=O) groups is 1. The van der Waals surface area contributed by atoms with Gasteiger partial charge in [0.25, 0.3) is 5.91 Å². The second kappa shape index (κ2) is 5.29. The third-order valence-corrected chi connectivity index (χ3v) is 2.25. The molecule has 1 rings (SSSR count). The van der Waals surface area contributed by atoms with E-state index < -0.39 is 5.91 Å². The predicted molar refractivity (Wildman–Crippen MR) is 58.5 cm³/mol. The van der Waals surface area contributed by atoms with Gasteiger partial charge in [0.15, 0.2) is 0 Å². The van der Waals surface area contributed by atoms with Gasteiger partial charge in [-0.25, -0.2) is 9.97 Å². The average molecular weight is 208 g/mol. The summed E-state index contributed by atoms with van der Waals surface area (Å²) in [6, 6.07) is 1.56. The highest BCUT2D eigenvalue weighted by Gasteiger charge is 2.04. The molecule has 15 heavy (non-hydrogen) atoms. The fourth-order valence-electron chi connectivity index (χ4n) is 1.01. The number of nitrogens with two attached hydrogens (primary N) is 1. The molecule has 1 heterocycles. The molecule has 0 bridgehead atoms. The first-order valence-electron chi connectivity index (χ1n) is 4.99. The van der Waals surface area contributed by atoms with E-state index in [9.17, 15) is 4.79 Å². The maximum Gasteiger partial charge on any atom is 0.267 e. The van der Waals surface area contributed by atoms with Crippen LogP contribution in [0, 0.1) is 5.92 Å². The molecule has 0 aliphatic rings. The van der Waals surface area contributed by atoms with Gasteiger partial charge >= 0.3 is 0 Å². The third-order valence-electron chi connectivity index (χ3n) is 2.25. The molecule has 0 saturated carbocycles. The van der Waals surface area contributed by atoms with Gasteiger partial charge in [0, 0.05) is 12.6 Å². The summed E-state index contributed by atoms with van der Waals surface area (Å²) in [6.45, 7) is 5.09. The van der Waals surface area contributed by atoms with Gasteiger partial charge in [-0.1, -0.05) is 20.3 Å². The fourth-order valence-corrected chi connectivity index (χ4v) is 1.01. The minimum Gasteiger partial charge on any atom is -0.370 e. The lowest BCUT2D eigenvalue weighted by molar-refractivity contribution is 0.0995. The highest BCUT2D eigenvalue weighted by atomic mass is 16.1. The summed E-state index contributed by atoms with van der Waals surface area (Å²) in [5.41, 5.74) is 5.34. The SMILES string of the molecule is CCC(C)CNc1cc(C(N)=O)ncn1. The number of hydrogen-bond donors (Lipinski definition) is 2. The minimum absolute atomic E-state index is 0.233. The maximum atomic E-state index is 10.9. The standard InChI is InChI=1S/C10H16N4O/c1-3-7(2)5-12-9-4-8(10(11)15)13-6-14-9/h4,6-7H,3,5H2,1-2H3,(H2,11,15)(H,12,13,14). The molecule has 1 unspecified atom stereocenters. The summed E-state index contributed by atoms with van der Waals surface area (Å²) in [4.78, 5) is 18.6. The van der Waals surface area contributed by atoms with E-state index in [0.717, 1.165) is 13.0 Å². The van der Waals surface area contributed by atoms with Crippen LogP contribution >= 0.6 is 0 Å². The van der Waals surface area contributed by atoms with Crippen LogP contribution < -0.4 is 11.1 Å². The topological polar surface area (TPSA) is 80.9 Å². The van der Waals surface area contributed by atoms with E-state index in [1.54, 1.807) is 6.07 Å². The Morgan fingerprint density at radius 2 is 2.33 bits per heavy atom. The number of nitrogens with zero attached hydrogens (tertiary/aromatic N) is 2. The molecule has 1 aromatic heterocycles. The van der Waals surface area contributed by atoms with Crippen LogP contribution in [0.3, 0.4) is 0 Å². The second-order valence-electron chi connectivity index (χ2n) is 3.55. The van der Waals surface area contributed by atoms with Crippen LogP contribution in [0.5, 0.6) is 0 Å². The lowest BCUT2D eigenvalue weighted by atomic mass is 10.1. The zero-order chi connectivity index (χ0) is 11.3. The van der Waals surface area contributed by atoms with Gasteiger partial charge < -0.3 is 11.1 Å². The Hall–Kier alpha value is -1.65. The number of primary amides is 1. The van der Waals surface area contributed by atoms with E-state index in [4.69, 9.17) is 5.73 Å². The molecule has 0 fully saturated rings. The van der Waals surface area contributed by atoms with Crippen LogP contribution in [0.4, 0.5) is 5.82 Å². The Balaban J connectivity index is 2.62. The Morgan fingerprint density at radius 3 is 2.93 bits per heavy atom. The van der Waals surface area contributed by atoms with Crippen molar-refractivity contribution in [1.82, 2.24) is 9.97 Å². The first kappa shape index (κ1) is 11.4. The Labute approximate surface area is 89.1 Å². The number of aromatic nitrogens is 2. The Bertz CT molecular complexity index is 340. The zero-order valence-electron chi connectivity index (χ0n) is 9.03. The quantitative estimate of drug-likeness (QED) is 0.757. The van der Waals surface area contributed by atoms with Crippen molar-refractivity contribution < 1.29 is 4.79 Å². The van der Waals surface area contributed by atoms with Crippen LogP contribution in [-0.2, 0) is 0 Å². The van der Waals surface area contributed by atoms with Gasteiger partial charge in [-0.2, -0.15) is 0 Å². The van der Waals surface area contributed by atoms with Crippen molar-refractivity contribution in [1.29, 1.82) is 0 Å². The molecule has 0 radical (unpaired) electrons. The van der Waals surface area contributed by atoms with Gasteiger partial charge in [0.05, 0.1) is 0 Å². The van der Waals surface area contributed by atoms with Crippen molar-refractivity contribution in [3.63, 3.8) is 0 Å². The molecule has 5 heteroatoms. The number of rotatable bonds is 5. The lowest BCUT2D eigenvalue weighted by Gasteiger charge is -2.10. The molecule has 1 aromatic rings. The van der Waals surface area contributed by atoms with E-state index in [2.05, 4.69) is 29.1 Å². The van der Waals surface area contributed by atoms with Crippen LogP contribution in [0.1, 0.15) is 30.8 Å². The number of nitrogens with one attached hydrogen (secondary N) is 1. The summed E-state index contributed by atoms with van der Waals surface area (Å²) in [5, 5.41) is 3.13. The molecule has 0 aliphatic heterocycles. The molecule has 0 saturated heterocycles. The van der Waals surface area contributed by atoms with Gasteiger partial charge in [-0.3, -0.25) is 4.79 Å². The van der Waals surface area contributed by atoms with E-state index in [1.807, 2.05) is 0 Å². The average Bonchev–Trinajstić information content (AvgIpc) is 2.26. The van der Waals surface area contributed by atoms with Crippen LogP contribution in [0.25, 0.3) is 0 Å². The number of amides is 1. The van der Waals surface area contributed by atoms with E-state index in [0.29, 0.717) is 11.7 Å². The minimum atomic E-state index is -0.538. The van der Waals surface area contributed by atoms with Crippen molar-refractivity contribution in [2.24, 2.45) is 11.7 Å². The molecular weight excluding hydrogens is 192 g/mol. The molecule has 1 amide bonds. The summed E-state index contributed by atoms with van der Waals surface area (Å²) in [6.07, 6.45) is 2.43. The van der Waals surface area contributed by atoms with Crippen LogP contribution in [0.15, 0.2) is 12.4 Å². The number of carbonyl (C=O) groups excluding carboxylic acids is 1. The van der Waals surface area contributed by atoms with Gasteiger partial charge in [-0.15, -0.1) is 0 Å². The molecule has 3 N–H and O–H groups in total. The maximum absolute atomic E-state index is 10.9. The van der Waals surface area contributed by atoms with Crippen molar-refractivity contribution >= 4 is 11.7 Å². The van der Waals surface area contributed by atoms with E-state index >= 15 is 0 Å². The van der Waals surface area contributed by atoms with Gasteiger partial charge in [0.1, 0.15) is 17.8 Å².